The number of nitrogens with zero attached hydrogens (tertiary/aromatic N) is 1. The lowest BCUT2D eigenvalue weighted by Crippen LogP contribution is -2.31. The average Bonchev–Trinajstić information content (AvgIpc) is 3.09. The predicted octanol–water partition coefficient (Wildman–Crippen LogP) is 4.44. The molecule has 0 aromatic heterocycles. The third-order valence-corrected chi connectivity index (χ3v) is 5.94. The molecule has 6 nitrogen and oxygen atoms in total. The highest BCUT2D eigenvalue weighted by molar-refractivity contribution is 6.32. The average molecular weight is 457 g/mol. The summed E-state index contributed by atoms with van der Waals surface area (Å²) in [6.45, 7) is 5.90. The molecule has 0 saturated carbocycles. The van der Waals surface area contributed by atoms with Gasteiger partial charge in [0.25, 0.3) is 0 Å². The molecule has 1 amide bonds. The number of aliphatic hydroxyl groups excluding tert-OH is 1. The van der Waals surface area contributed by atoms with Crippen LogP contribution in [-0.2, 0) is 17.7 Å². The molecule has 1 fully saturated rings. The van der Waals surface area contributed by atoms with Crippen molar-refractivity contribution in [1.29, 1.82) is 0 Å². The molecule has 2 atom stereocenters. The summed E-state index contributed by atoms with van der Waals surface area (Å²) in [7, 11) is 3.56. The highest BCUT2D eigenvalue weighted by Gasteiger charge is 2.39. The van der Waals surface area contributed by atoms with Crippen molar-refractivity contribution in [1.82, 2.24) is 4.90 Å². The molecule has 1 aliphatic heterocycles. The first-order valence-corrected chi connectivity index (χ1v) is 11.2. The van der Waals surface area contributed by atoms with Gasteiger partial charge in [-0.25, -0.2) is 4.79 Å². The molecular weight excluding hydrogens is 429 g/mol. The fraction of sp³-hybridized carbons (Fsp3) is 0.222. The van der Waals surface area contributed by atoms with E-state index in [0.29, 0.717) is 30.2 Å². The standard InChI is InChI=1S/C27H28BNO5/c1-17(30)13-19-9-12-23(32-3)25(14-19)33-24-15-22(28)11-10-21(24)16-29-18(2)26(34-27(29)31)20-7-5-4-6-8-20/h4-12,14-15,18,26,30H,1,13,16,28H2,2-3H3/t18-,26-/m0/s1. The maximum absolute atomic E-state index is 12.8. The zero-order valence-corrected chi connectivity index (χ0v) is 19.7. The van der Waals surface area contributed by atoms with E-state index >= 15 is 0 Å². The van der Waals surface area contributed by atoms with Gasteiger partial charge in [0.05, 0.1) is 25.5 Å². The third kappa shape index (κ3) is 5.04. The smallest absolute Gasteiger partial charge is 0.411 e. The van der Waals surface area contributed by atoms with Gasteiger partial charge in [0.15, 0.2) is 11.5 Å². The number of rotatable bonds is 8. The fourth-order valence-corrected chi connectivity index (χ4v) is 4.14. The summed E-state index contributed by atoms with van der Waals surface area (Å²) >= 11 is 0. The fourth-order valence-electron chi connectivity index (χ4n) is 4.14. The van der Waals surface area contributed by atoms with Gasteiger partial charge in [-0.1, -0.05) is 60.6 Å². The van der Waals surface area contributed by atoms with Crippen LogP contribution in [0.1, 0.15) is 29.7 Å². The van der Waals surface area contributed by atoms with E-state index in [-0.39, 0.29) is 24.0 Å². The Morgan fingerprint density at radius 2 is 1.85 bits per heavy atom. The van der Waals surface area contributed by atoms with Crippen LogP contribution in [0, 0.1) is 0 Å². The molecule has 7 heteroatoms. The second-order valence-corrected chi connectivity index (χ2v) is 8.53. The Hall–Kier alpha value is -3.87. The molecule has 1 heterocycles. The summed E-state index contributed by atoms with van der Waals surface area (Å²) < 4.78 is 17.5. The van der Waals surface area contributed by atoms with Crippen LogP contribution in [0.2, 0.25) is 0 Å². The minimum atomic E-state index is -0.353. The van der Waals surface area contributed by atoms with E-state index in [1.165, 1.54) is 0 Å². The van der Waals surface area contributed by atoms with Crippen LogP contribution in [0.5, 0.6) is 17.2 Å². The van der Waals surface area contributed by atoms with Gasteiger partial charge < -0.3 is 19.3 Å². The monoisotopic (exact) mass is 457 g/mol. The van der Waals surface area contributed by atoms with Gasteiger partial charge in [0.2, 0.25) is 0 Å². The van der Waals surface area contributed by atoms with Gasteiger partial charge in [-0.2, -0.15) is 0 Å². The maximum Gasteiger partial charge on any atom is 0.411 e. The van der Waals surface area contributed by atoms with Crippen molar-refractivity contribution < 1.29 is 24.1 Å². The minimum absolute atomic E-state index is 0.0712. The highest BCUT2D eigenvalue weighted by atomic mass is 16.6. The summed E-state index contributed by atoms with van der Waals surface area (Å²) in [5.74, 6) is 1.79. The molecule has 3 aromatic carbocycles. The SMILES string of the molecule is Bc1ccc(CN2C(=O)O[C@H](c3ccccc3)[C@@H]2C)c(Oc2cc(CC(=C)O)ccc2OC)c1. The topological polar surface area (TPSA) is 68.2 Å². The number of amides is 1. The number of ether oxygens (including phenoxy) is 3. The molecule has 0 spiro atoms. The van der Waals surface area contributed by atoms with E-state index in [1.807, 2.05) is 75.4 Å². The van der Waals surface area contributed by atoms with Crippen molar-refractivity contribution in [3.63, 3.8) is 0 Å². The summed E-state index contributed by atoms with van der Waals surface area (Å²) in [4.78, 5) is 14.5. The first-order valence-electron chi connectivity index (χ1n) is 11.2. The number of carbonyl (C=O) groups excluding carboxylic acids is 1. The molecule has 1 N–H and O–H groups in total. The summed E-state index contributed by atoms with van der Waals surface area (Å²) in [6.07, 6.45) is -0.361. The number of allylic oxidation sites excluding steroid dienone is 1. The normalized spacial score (nSPS) is 17.4. The second-order valence-electron chi connectivity index (χ2n) is 8.53. The zero-order chi connectivity index (χ0) is 24.2. The Balaban J connectivity index is 1.61. The van der Waals surface area contributed by atoms with E-state index < -0.39 is 0 Å². The molecule has 4 rings (SSSR count). The van der Waals surface area contributed by atoms with E-state index in [1.54, 1.807) is 18.1 Å². The molecule has 0 bridgehead atoms. The first-order chi connectivity index (χ1) is 16.4. The molecule has 0 radical (unpaired) electrons. The predicted molar refractivity (Wildman–Crippen MR) is 134 cm³/mol. The molecule has 174 valence electrons. The lowest BCUT2D eigenvalue weighted by atomic mass is 9.94. The van der Waals surface area contributed by atoms with E-state index in [4.69, 9.17) is 14.2 Å². The number of cyclic esters (lactones) is 1. The highest BCUT2D eigenvalue weighted by Crippen LogP contribution is 2.37. The van der Waals surface area contributed by atoms with Gasteiger partial charge in [-0.3, -0.25) is 4.90 Å². The molecule has 0 unspecified atom stereocenters. The Morgan fingerprint density at radius 1 is 1.09 bits per heavy atom. The van der Waals surface area contributed by atoms with Crippen molar-refractivity contribution in [2.75, 3.05) is 7.11 Å². The van der Waals surface area contributed by atoms with E-state index in [2.05, 4.69) is 6.58 Å². The molecular formula is C27H28BNO5. The summed E-state index contributed by atoms with van der Waals surface area (Å²) in [5.41, 5.74) is 3.69. The quantitative estimate of drug-likeness (QED) is 0.400. The van der Waals surface area contributed by atoms with Crippen molar-refractivity contribution in [2.45, 2.75) is 32.0 Å². The Labute approximate surface area is 200 Å². The first kappa shape index (κ1) is 23.3. The van der Waals surface area contributed by atoms with Crippen LogP contribution in [0.3, 0.4) is 0 Å². The number of hydrogen-bond donors (Lipinski definition) is 1. The van der Waals surface area contributed by atoms with Crippen LogP contribution < -0.4 is 14.9 Å². The van der Waals surface area contributed by atoms with E-state index in [9.17, 15) is 9.90 Å². The molecule has 0 aliphatic carbocycles. The van der Waals surface area contributed by atoms with Crippen molar-refractivity contribution in [3.8, 4) is 17.2 Å². The Bertz CT molecular complexity index is 1200. The number of methoxy groups -OCH3 is 1. The lowest BCUT2D eigenvalue weighted by molar-refractivity contribution is 0.130. The van der Waals surface area contributed by atoms with Crippen LogP contribution in [0.4, 0.5) is 4.79 Å². The van der Waals surface area contributed by atoms with Gasteiger partial charge in [-0.15, -0.1) is 0 Å². The Morgan fingerprint density at radius 3 is 2.56 bits per heavy atom. The third-order valence-electron chi connectivity index (χ3n) is 5.94. The number of aliphatic hydroxyl groups is 1. The van der Waals surface area contributed by atoms with Crippen LogP contribution in [0.15, 0.2) is 79.1 Å². The van der Waals surface area contributed by atoms with Gasteiger partial charge in [0, 0.05) is 12.0 Å². The molecule has 1 aliphatic rings. The zero-order valence-electron chi connectivity index (χ0n) is 19.7. The summed E-state index contributed by atoms with van der Waals surface area (Å²) in [5, 5.41) is 9.59. The number of carbonyl (C=O) groups is 1. The molecule has 3 aromatic rings. The molecule has 34 heavy (non-hydrogen) atoms. The van der Waals surface area contributed by atoms with Gasteiger partial charge >= 0.3 is 6.09 Å². The van der Waals surface area contributed by atoms with E-state index in [0.717, 1.165) is 22.2 Å². The second kappa shape index (κ2) is 9.95. The largest absolute Gasteiger partial charge is 0.513 e. The number of benzene rings is 3. The van der Waals surface area contributed by atoms with Crippen molar-refractivity contribution >= 4 is 19.4 Å². The van der Waals surface area contributed by atoms with Crippen molar-refractivity contribution in [3.05, 3.63) is 95.8 Å². The summed E-state index contributed by atoms with van der Waals surface area (Å²) in [6, 6.07) is 21.0. The van der Waals surface area contributed by atoms with Gasteiger partial charge in [0.1, 0.15) is 19.7 Å². The molecule has 1 saturated heterocycles. The maximum atomic E-state index is 12.8. The van der Waals surface area contributed by atoms with Crippen LogP contribution in [-0.4, -0.2) is 37.1 Å². The Kier molecular flexibility index (Phi) is 6.82. The van der Waals surface area contributed by atoms with Crippen molar-refractivity contribution in [2.24, 2.45) is 0 Å². The van der Waals surface area contributed by atoms with Crippen LogP contribution in [0.25, 0.3) is 0 Å². The van der Waals surface area contributed by atoms with Crippen LogP contribution >= 0.6 is 0 Å². The minimum Gasteiger partial charge on any atom is -0.513 e. The number of hydrogen-bond acceptors (Lipinski definition) is 5. The van der Waals surface area contributed by atoms with Gasteiger partial charge in [-0.05, 0) is 36.2 Å². The lowest BCUT2D eigenvalue weighted by Gasteiger charge is -2.23.